The summed E-state index contributed by atoms with van der Waals surface area (Å²) in [6.45, 7) is 0. The van der Waals surface area contributed by atoms with E-state index < -0.39 is 0 Å². The maximum absolute atomic E-state index is 6.23. The van der Waals surface area contributed by atoms with Crippen LogP contribution in [0.25, 0.3) is 56.1 Å². The van der Waals surface area contributed by atoms with Crippen molar-refractivity contribution in [3.05, 3.63) is 121 Å². The molecule has 0 N–H and O–H groups in total. The van der Waals surface area contributed by atoms with Gasteiger partial charge in [-0.05, 0) is 35.9 Å². The summed E-state index contributed by atoms with van der Waals surface area (Å²) in [6, 6.07) is 34.0. The second kappa shape index (κ2) is 9.09. The van der Waals surface area contributed by atoms with Crippen LogP contribution in [0.4, 0.5) is 0 Å². The average molecular weight is 471 g/mol. The van der Waals surface area contributed by atoms with Gasteiger partial charge in [-0.1, -0.05) is 84.4 Å². The maximum Gasteiger partial charge on any atom is 0.160 e. The van der Waals surface area contributed by atoms with Crippen LogP contribution in [0.3, 0.4) is 0 Å². The fourth-order valence-electron chi connectivity index (χ4n) is 4.26. The molecule has 0 bridgehead atoms. The van der Waals surface area contributed by atoms with E-state index in [1.165, 1.54) is 0 Å². The lowest BCUT2D eigenvalue weighted by molar-refractivity contribution is 1.18. The Kier molecular flexibility index (Phi) is 5.49. The number of halogens is 1. The Morgan fingerprint density at radius 3 is 1.91 bits per heavy atom. The van der Waals surface area contributed by atoms with Crippen LogP contribution in [0.1, 0.15) is 0 Å². The van der Waals surface area contributed by atoms with E-state index in [0.29, 0.717) is 16.5 Å². The van der Waals surface area contributed by atoms with Crippen LogP contribution in [0.15, 0.2) is 116 Å². The summed E-state index contributed by atoms with van der Waals surface area (Å²) in [5.41, 5.74) is 7.19. The first-order valence-corrected chi connectivity index (χ1v) is 11.6. The molecule has 5 heteroatoms. The molecule has 0 aliphatic carbocycles. The third-order valence-corrected chi connectivity index (χ3v) is 6.14. The number of rotatable bonds is 4. The first-order chi connectivity index (χ1) is 17.3. The molecule has 3 aromatic carbocycles. The topological polar surface area (TPSA) is 51.6 Å². The van der Waals surface area contributed by atoms with Gasteiger partial charge in [-0.15, -0.1) is 0 Å². The van der Waals surface area contributed by atoms with Gasteiger partial charge in [0.05, 0.1) is 11.4 Å². The zero-order valence-electron chi connectivity index (χ0n) is 18.6. The van der Waals surface area contributed by atoms with E-state index in [0.717, 1.165) is 44.6 Å². The highest BCUT2D eigenvalue weighted by Gasteiger charge is 2.21. The molecular weight excluding hydrogens is 452 g/mol. The summed E-state index contributed by atoms with van der Waals surface area (Å²) < 4.78 is 0. The minimum Gasteiger partial charge on any atom is -0.237 e. The van der Waals surface area contributed by atoms with E-state index in [1.807, 2.05) is 91.0 Å². The monoisotopic (exact) mass is 470 g/mol. The molecule has 0 spiro atoms. The second-order valence-corrected chi connectivity index (χ2v) is 8.53. The van der Waals surface area contributed by atoms with Crippen LogP contribution in [0, 0.1) is 0 Å². The quantitative estimate of drug-likeness (QED) is 0.264. The third-order valence-electron chi connectivity index (χ3n) is 5.89. The molecule has 0 radical (unpaired) electrons. The van der Waals surface area contributed by atoms with Crippen molar-refractivity contribution >= 4 is 22.6 Å². The number of nitrogens with zero attached hydrogens (tertiary/aromatic N) is 4. The van der Waals surface area contributed by atoms with Crippen LogP contribution in [-0.4, -0.2) is 19.9 Å². The molecule has 6 rings (SSSR count). The van der Waals surface area contributed by atoms with Gasteiger partial charge < -0.3 is 0 Å². The minimum absolute atomic E-state index is 0.652. The molecule has 0 amide bonds. The average Bonchev–Trinajstić information content (AvgIpc) is 2.93. The normalized spacial score (nSPS) is 11.0. The standard InChI is InChI=1S/C30H19ClN4/c31-23-15-13-21(14-16-23)27-26(20-8-3-1-4-9-20)28(35-29(34-27)22-10-5-2-6-11-22)24-17-19-33-30-25(24)12-7-18-32-30/h1-19H. The minimum atomic E-state index is 0.652. The van der Waals surface area contributed by atoms with Crippen molar-refractivity contribution in [1.82, 2.24) is 19.9 Å². The molecule has 0 saturated carbocycles. The Bertz CT molecular complexity index is 1630. The van der Waals surface area contributed by atoms with Crippen molar-refractivity contribution < 1.29 is 0 Å². The highest BCUT2D eigenvalue weighted by Crippen LogP contribution is 2.41. The van der Waals surface area contributed by atoms with Gasteiger partial charge in [0.1, 0.15) is 0 Å². The summed E-state index contributed by atoms with van der Waals surface area (Å²) >= 11 is 6.23. The Morgan fingerprint density at radius 2 is 1.17 bits per heavy atom. The highest BCUT2D eigenvalue weighted by molar-refractivity contribution is 6.30. The van der Waals surface area contributed by atoms with Crippen molar-refractivity contribution in [3.8, 4) is 45.0 Å². The molecule has 166 valence electrons. The molecule has 3 heterocycles. The molecule has 6 aromatic rings. The number of pyridine rings is 2. The Hall–Kier alpha value is -4.41. The summed E-state index contributed by atoms with van der Waals surface area (Å²) in [4.78, 5) is 19.2. The van der Waals surface area contributed by atoms with Crippen LogP contribution in [-0.2, 0) is 0 Å². The van der Waals surface area contributed by atoms with E-state index >= 15 is 0 Å². The van der Waals surface area contributed by atoms with Crippen molar-refractivity contribution in [2.75, 3.05) is 0 Å². The summed E-state index contributed by atoms with van der Waals surface area (Å²) in [7, 11) is 0. The van der Waals surface area contributed by atoms with Crippen molar-refractivity contribution in [1.29, 1.82) is 0 Å². The van der Waals surface area contributed by atoms with E-state index in [4.69, 9.17) is 21.6 Å². The fourth-order valence-corrected chi connectivity index (χ4v) is 4.38. The summed E-state index contributed by atoms with van der Waals surface area (Å²) in [6.07, 6.45) is 3.54. The van der Waals surface area contributed by atoms with Gasteiger partial charge in [-0.2, -0.15) is 0 Å². The predicted octanol–water partition coefficient (Wildman–Crippen LogP) is 7.74. The fraction of sp³-hybridized carbons (Fsp3) is 0. The molecule has 0 aliphatic rings. The number of benzene rings is 3. The van der Waals surface area contributed by atoms with E-state index in [9.17, 15) is 0 Å². The summed E-state index contributed by atoms with van der Waals surface area (Å²) in [5, 5.41) is 1.62. The Balaban J connectivity index is 1.75. The molecule has 0 fully saturated rings. The summed E-state index contributed by atoms with van der Waals surface area (Å²) in [5.74, 6) is 0.652. The van der Waals surface area contributed by atoms with Crippen molar-refractivity contribution in [2.45, 2.75) is 0 Å². The molecule has 4 nitrogen and oxygen atoms in total. The largest absolute Gasteiger partial charge is 0.237 e. The van der Waals surface area contributed by atoms with E-state index in [2.05, 4.69) is 22.1 Å². The zero-order chi connectivity index (χ0) is 23.6. The van der Waals surface area contributed by atoms with E-state index in [-0.39, 0.29) is 0 Å². The third kappa shape index (κ3) is 4.05. The zero-order valence-corrected chi connectivity index (χ0v) is 19.4. The lowest BCUT2D eigenvalue weighted by Gasteiger charge is -2.17. The number of fused-ring (bicyclic) bond motifs is 1. The van der Waals surface area contributed by atoms with Crippen LogP contribution >= 0.6 is 11.6 Å². The first kappa shape index (κ1) is 21.1. The Labute approximate surface area is 208 Å². The van der Waals surface area contributed by atoms with Crippen LogP contribution in [0.2, 0.25) is 5.02 Å². The van der Waals surface area contributed by atoms with Gasteiger partial charge in [0.15, 0.2) is 11.5 Å². The second-order valence-electron chi connectivity index (χ2n) is 8.09. The highest BCUT2D eigenvalue weighted by atomic mass is 35.5. The number of hydrogen-bond donors (Lipinski definition) is 0. The van der Waals surface area contributed by atoms with Gasteiger partial charge in [-0.25, -0.2) is 19.9 Å². The predicted molar refractivity (Wildman–Crippen MR) is 142 cm³/mol. The first-order valence-electron chi connectivity index (χ1n) is 11.3. The molecule has 35 heavy (non-hydrogen) atoms. The van der Waals surface area contributed by atoms with Gasteiger partial charge in [0.25, 0.3) is 0 Å². The maximum atomic E-state index is 6.23. The number of aromatic nitrogens is 4. The number of hydrogen-bond acceptors (Lipinski definition) is 4. The smallest absolute Gasteiger partial charge is 0.160 e. The lowest BCUT2D eigenvalue weighted by atomic mass is 9.93. The molecule has 3 aromatic heterocycles. The molecule has 0 saturated heterocycles. The van der Waals surface area contributed by atoms with Gasteiger partial charge in [0.2, 0.25) is 0 Å². The molecule has 0 aliphatic heterocycles. The lowest BCUT2D eigenvalue weighted by Crippen LogP contribution is -2.01. The van der Waals surface area contributed by atoms with E-state index in [1.54, 1.807) is 12.4 Å². The van der Waals surface area contributed by atoms with Gasteiger partial charge >= 0.3 is 0 Å². The Morgan fingerprint density at radius 1 is 0.514 bits per heavy atom. The molecular formula is C30H19ClN4. The molecule has 0 atom stereocenters. The van der Waals surface area contributed by atoms with Crippen molar-refractivity contribution in [3.63, 3.8) is 0 Å². The SMILES string of the molecule is Clc1ccc(-c2nc(-c3ccccc3)nc(-c3ccnc4ncccc34)c2-c2ccccc2)cc1. The van der Waals surface area contributed by atoms with Gasteiger partial charge in [0, 0.05) is 45.1 Å². The van der Waals surface area contributed by atoms with Crippen LogP contribution in [0.5, 0.6) is 0 Å². The van der Waals surface area contributed by atoms with Crippen molar-refractivity contribution in [2.24, 2.45) is 0 Å². The van der Waals surface area contributed by atoms with Crippen LogP contribution < -0.4 is 0 Å². The van der Waals surface area contributed by atoms with Gasteiger partial charge in [-0.3, -0.25) is 0 Å². The molecule has 0 unspecified atom stereocenters.